The molecule has 0 bridgehead atoms. The molecule has 1 aliphatic heterocycles. The molecular formula is C8H13Br2NO2. The first-order chi connectivity index (χ1) is 6.13. The van der Waals surface area contributed by atoms with Crippen molar-refractivity contribution < 1.29 is 9.53 Å². The highest BCUT2D eigenvalue weighted by Gasteiger charge is 2.26. The maximum Gasteiger partial charge on any atom is 0.237 e. The van der Waals surface area contributed by atoms with E-state index in [-0.39, 0.29) is 15.6 Å². The number of hydrogen-bond donors (Lipinski definition) is 0. The number of alkyl halides is 2. The van der Waals surface area contributed by atoms with Crippen molar-refractivity contribution in [3.8, 4) is 0 Å². The molecule has 1 fully saturated rings. The summed E-state index contributed by atoms with van der Waals surface area (Å²) in [7, 11) is 0. The van der Waals surface area contributed by atoms with Crippen LogP contribution in [0.5, 0.6) is 0 Å². The van der Waals surface area contributed by atoms with E-state index in [1.165, 1.54) is 0 Å². The van der Waals surface area contributed by atoms with E-state index in [1.54, 1.807) is 0 Å². The van der Waals surface area contributed by atoms with Crippen molar-refractivity contribution in [2.24, 2.45) is 0 Å². The molecule has 0 radical (unpaired) electrons. The van der Waals surface area contributed by atoms with Crippen molar-refractivity contribution in [1.29, 1.82) is 0 Å². The molecule has 5 heteroatoms. The van der Waals surface area contributed by atoms with Gasteiger partial charge in [0.15, 0.2) is 0 Å². The SMILES string of the molecule is C[C@H](Br)[C@H](Br)C(=O)N1CCOCC1. The summed E-state index contributed by atoms with van der Waals surface area (Å²) < 4.78 is 5.17. The summed E-state index contributed by atoms with van der Waals surface area (Å²) in [5, 5.41) is 0. The predicted octanol–water partition coefficient (Wildman–Crippen LogP) is 1.39. The maximum absolute atomic E-state index is 11.7. The zero-order valence-electron chi connectivity index (χ0n) is 7.50. The number of hydrogen-bond acceptors (Lipinski definition) is 2. The van der Waals surface area contributed by atoms with Crippen LogP contribution in [0.4, 0.5) is 0 Å². The van der Waals surface area contributed by atoms with Crippen molar-refractivity contribution in [3.63, 3.8) is 0 Å². The third-order valence-electron chi connectivity index (χ3n) is 1.96. The van der Waals surface area contributed by atoms with Gasteiger partial charge >= 0.3 is 0 Å². The lowest BCUT2D eigenvalue weighted by molar-refractivity contribution is -0.134. The summed E-state index contributed by atoms with van der Waals surface area (Å²) in [6.45, 7) is 4.68. The Morgan fingerprint density at radius 3 is 2.38 bits per heavy atom. The number of morpholine rings is 1. The number of amides is 1. The molecule has 1 aliphatic rings. The minimum absolute atomic E-state index is 0.134. The molecule has 0 aromatic rings. The van der Waals surface area contributed by atoms with Gasteiger partial charge in [-0.2, -0.15) is 0 Å². The van der Waals surface area contributed by atoms with E-state index in [0.29, 0.717) is 26.3 Å². The zero-order valence-corrected chi connectivity index (χ0v) is 10.7. The summed E-state index contributed by atoms with van der Waals surface area (Å²) in [6, 6.07) is 0. The molecule has 0 aromatic carbocycles. The highest BCUT2D eigenvalue weighted by Crippen LogP contribution is 2.16. The first kappa shape index (κ1) is 11.5. The highest BCUT2D eigenvalue weighted by molar-refractivity contribution is 9.12. The second-order valence-corrected chi connectivity index (χ2v) is 5.45. The number of nitrogens with zero attached hydrogens (tertiary/aromatic N) is 1. The predicted molar refractivity (Wildman–Crippen MR) is 58.5 cm³/mol. The van der Waals surface area contributed by atoms with Gasteiger partial charge in [0.1, 0.15) is 4.83 Å². The monoisotopic (exact) mass is 313 g/mol. The third kappa shape index (κ3) is 3.22. The average molecular weight is 315 g/mol. The van der Waals surface area contributed by atoms with Crippen molar-refractivity contribution in [1.82, 2.24) is 4.90 Å². The summed E-state index contributed by atoms with van der Waals surface area (Å²) in [4.78, 5) is 13.6. The quantitative estimate of drug-likeness (QED) is 0.721. The number of carbonyl (C=O) groups excluding carboxylic acids is 1. The molecule has 2 atom stereocenters. The Kier molecular flexibility index (Phi) is 4.69. The average Bonchev–Trinajstić information content (AvgIpc) is 2.17. The third-order valence-corrected chi connectivity index (χ3v) is 4.38. The van der Waals surface area contributed by atoms with Crippen LogP contribution in [-0.4, -0.2) is 46.8 Å². The van der Waals surface area contributed by atoms with Crippen LogP contribution in [0.15, 0.2) is 0 Å². The Labute approximate surface area is 95.1 Å². The normalized spacial score (nSPS) is 22.5. The van der Waals surface area contributed by atoms with Gasteiger partial charge in [0, 0.05) is 17.9 Å². The summed E-state index contributed by atoms with van der Waals surface area (Å²) in [5.74, 6) is 0.146. The first-order valence-corrected chi connectivity index (χ1v) is 6.10. The van der Waals surface area contributed by atoms with Gasteiger partial charge in [-0.25, -0.2) is 0 Å². The smallest absolute Gasteiger partial charge is 0.237 e. The van der Waals surface area contributed by atoms with Crippen molar-refractivity contribution in [2.75, 3.05) is 26.3 Å². The van der Waals surface area contributed by atoms with E-state index >= 15 is 0 Å². The van der Waals surface area contributed by atoms with Crippen LogP contribution in [0, 0.1) is 0 Å². The van der Waals surface area contributed by atoms with Gasteiger partial charge in [0.05, 0.1) is 13.2 Å². The van der Waals surface area contributed by atoms with Gasteiger partial charge in [-0.05, 0) is 0 Å². The molecule has 0 aromatic heterocycles. The van der Waals surface area contributed by atoms with Gasteiger partial charge in [-0.3, -0.25) is 4.79 Å². The van der Waals surface area contributed by atoms with Crippen LogP contribution < -0.4 is 0 Å². The van der Waals surface area contributed by atoms with Crippen molar-refractivity contribution in [3.05, 3.63) is 0 Å². The lowest BCUT2D eigenvalue weighted by Gasteiger charge is -2.29. The van der Waals surface area contributed by atoms with E-state index in [1.807, 2.05) is 11.8 Å². The number of ether oxygens (including phenoxy) is 1. The summed E-state index contributed by atoms with van der Waals surface area (Å²) >= 11 is 6.75. The molecule has 76 valence electrons. The van der Waals surface area contributed by atoms with E-state index in [4.69, 9.17) is 4.74 Å². The van der Waals surface area contributed by atoms with Gasteiger partial charge in [0.25, 0.3) is 0 Å². The van der Waals surface area contributed by atoms with E-state index < -0.39 is 0 Å². The number of rotatable bonds is 2. The minimum Gasteiger partial charge on any atom is -0.378 e. The summed E-state index contributed by atoms with van der Waals surface area (Å²) in [5.41, 5.74) is 0. The van der Waals surface area contributed by atoms with E-state index in [0.717, 1.165) is 0 Å². The Bertz CT molecular complexity index is 181. The fourth-order valence-corrected chi connectivity index (χ4v) is 1.67. The van der Waals surface area contributed by atoms with Gasteiger partial charge in [-0.1, -0.05) is 38.8 Å². The summed E-state index contributed by atoms with van der Waals surface area (Å²) in [6.07, 6.45) is 0. The molecule has 0 unspecified atom stereocenters. The largest absolute Gasteiger partial charge is 0.378 e. The molecule has 1 rings (SSSR count). The van der Waals surface area contributed by atoms with Crippen LogP contribution in [0.1, 0.15) is 6.92 Å². The molecule has 1 saturated heterocycles. The molecule has 1 heterocycles. The lowest BCUT2D eigenvalue weighted by atomic mass is 10.3. The van der Waals surface area contributed by atoms with Crippen LogP contribution >= 0.6 is 31.9 Å². The Hall–Kier alpha value is 0.390. The molecule has 0 spiro atoms. The molecule has 1 amide bonds. The maximum atomic E-state index is 11.7. The standard InChI is InChI=1S/C8H13Br2NO2/c1-6(9)7(10)8(12)11-2-4-13-5-3-11/h6-7H,2-5H2,1H3/t6-,7-/m0/s1. The van der Waals surface area contributed by atoms with Gasteiger partial charge in [0.2, 0.25) is 5.91 Å². The Balaban J connectivity index is 2.45. The van der Waals surface area contributed by atoms with Crippen LogP contribution in [0.2, 0.25) is 0 Å². The van der Waals surface area contributed by atoms with Crippen LogP contribution in [-0.2, 0) is 9.53 Å². The zero-order chi connectivity index (χ0) is 9.84. The molecule has 0 aliphatic carbocycles. The van der Waals surface area contributed by atoms with Crippen LogP contribution in [0.25, 0.3) is 0 Å². The molecular weight excluding hydrogens is 302 g/mol. The molecule has 3 nitrogen and oxygen atoms in total. The molecule has 13 heavy (non-hydrogen) atoms. The Morgan fingerprint density at radius 1 is 1.38 bits per heavy atom. The van der Waals surface area contributed by atoms with Crippen molar-refractivity contribution >= 4 is 37.8 Å². The highest BCUT2D eigenvalue weighted by atomic mass is 79.9. The first-order valence-electron chi connectivity index (χ1n) is 4.27. The number of halogens is 2. The van der Waals surface area contributed by atoms with E-state index in [9.17, 15) is 4.79 Å². The topological polar surface area (TPSA) is 29.5 Å². The Morgan fingerprint density at radius 2 is 1.92 bits per heavy atom. The lowest BCUT2D eigenvalue weighted by Crippen LogP contribution is -2.45. The fraction of sp³-hybridized carbons (Fsp3) is 0.875. The second kappa shape index (κ2) is 5.32. The van der Waals surface area contributed by atoms with E-state index in [2.05, 4.69) is 31.9 Å². The second-order valence-electron chi connectivity index (χ2n) is 3.02. The fourth-order valence-electron chi connectivity index (χ4n) is 1.15. The van der Waals surface area contributed by atoms with Crippen molar-refractivity contribution in [2.45, 2.75) is 16.6 Å². The molecule has 0 saturated carbocycles. The van der Waals surface area contributed by atoms with Gasteiger partial charge in [-0.15, -0.1) is 0 Å². The molecule has 0 N–H and O–H groups in total. The van der Waals surface area contributed by atoms with Gasteiger partial charge < -0.3 is 9.64 Å². The van der Waals surface area contributed by atoms with Crippen LogP contribution in [0.3, 0.4) is 0 Å². The minimum atomic E-state index is -0.134. The number of carbonyl (C=O) groups is 1.